The third-order valence-electron chi connectivity index (χ3n) is 2.22. The Kier molecular flexibility index (Phi) is 6.18. The molecule has 9 heteroatoms. The fourth-order valence-electron chi connectivity index (χ4n) is 1.48. The van der Waals surface area contributed by atoms with Crippen molar-refractivity contribution >= 4 is 23.2 Å². The molecule has 1 aromatic heterocycles. The monoisotopic (exact) mass is 311 g/mol. The van der Waals surface area contributed by atoms with Crippen molar-refractivity contribution in [2.24, 2.45) is 0 Å². The van der Waals surface area contributed by atoms with E-state index < -0.39 is 31.8 Å². The fraction of sp³-hybridized carbons (Fsp3) is 0.455. The second kappa shape index (κ2) is 7.41. The molecule has 0 saturated carbocycles. The Hall–Kier alpha value is -1.38. The van der Waals surface area contributed by atoms with Crippen LogP contribution in [0.4, 0.5) is 18.9 Å². The molecule has 1 amide bonds. The van der Waals surface area contributed by atoms with Crippen molar-refractivity contribution < 1.29 is 23.1 Å². The molecule has 0 radical (unpaired) electrons. The molecule has 0 bridgehead atoms. The van der Waals surface area contributed by atoms with E-state index in [9.17, 15) is 18.0 Å². The number of amides is 1. The molecule has 0 fully saturated rings. The summed E-state index contributed by atoms with van der Waals surface area (Å²) in [5.41, 5.74) is 0.218. The molecule has 0 spiro atoms. The first kappa shape index (κ1) is 16.7. The number of halogens is 4. The molecule has 0 aliphatic heterocycles. The summed E-state index contributed by atoms with van der Waals surface area (Å²) in [6.07, 6.45) is -3.03. The number of alkyl halides is 3. The van der Waals surface area contributed by atoms with Gasteiger partial charge in [-0.3, -0.25) is 9.69 Å². The Balaban J connectivity index is 2.60. The van der Waals surface area contributed by atoms with Crippen LogP contribution >= 0.6 is 11.6 Å². The number of nitrogens with one attached hydrogen (secondary N) is 1. The molecule has 0 aliphatic carbocycles. The van der Waals surface area contributed by atoms with Gasteiger partial charge in [-0.2, -0.15) is 13.2 Å². The van der Waals surface area contributed by atoms with Gasteiger partial charge < -0.3 is 10.4 Å². The first-order valence-corrected chi connectivity index (χ1v) is 6.00. The van der Waals surface area contributed by atoms with Crippen LogP contribution in [-0.4, -0.2) is 53.3 Å². The Morgan fingerprint density at radius 3 is 2.75 bits per heavy atom. The highest BCUT2D eigenvalue weighted by Gasteiger charge is 2.31. The number of aliphatic hydroxyl groups excluding tert-OH is 1. The predicted molar refractivity (Wildman–Crippen MR) is 67.5 cm³/mol. The average molecular weight is 312 g/mol. The molecule has 0 aliphatic rings. The van der Waals surface area contributed by atoms with Crippen LogP contribution in [0.3, 0.4) is 0 Å². The SMILES string of the molecule is O=C(CN(CCO)CC(F)(F)F)Nc1cccnc1Cl. The van der Waals surface area contributed by atoms with Crippen molar-refractivity contribution in [3.8, 4) is 0 Å². The van der Waals surface area contributed by atoms with Gasteiger partial charge >= 0.3 is 6.18 Å². The van der Waals surface area contributed by atoms with Crippen LogP contribution in [0.2, 0.25) is 5.15 Å². The lowest BCUT2D eigenvalue weighted by Crippen LogP contribution is -2.41. The van der Waals surface area contributed by atoms with Gasteiger partial charge in [0, 0.05) is 12.7 Å². The molecule has 0 unspecified atom stereocenters. The highest BCUT2D eigenvalue weighted by Crippen LogP contribution is 2.18. The molecule has 2 N–H and O–H groups in total. The standard InChI is InChI=1S/C11H13ClF3N3O2/c12-10-8(2-1-3-16-10)17-9(20)6-18(4-5-19)7-11(13,14)15/h1-3,19H,4-7H2,(H,17,20). The van der Waals surface area contributed by atoms with Crippen LogP contribution in [-0.2, 0) is 4.79 Å². The number of aliphatic hydroxyl groups is 1. The summed E-state index contributed by atoms with van der Waals surface area (Å²) in [6, 6.07) is 3.01. The second-order valence-electron chi connectivity index (χ2n) is 3.94. The number of rotatable bonds is 6. The lowest BCUT2D eigenvalue weighted by atomic mass is 10.4. The molecule has 0 atom stereocenters. The predicted octanol–water partition coefficient (Wildman–Crippen LogP) is 1.53. The third kappa shape index (κ3) is 6.18. The van der Waals surface area contributed by atoms with E-state index >= 15 is 0 Å². The summed E-state index contributed by atoms with van der Waals surface area (Å²) in [5.74, 6) is -0.669. The quantitative estimate of drug-likeness (QED) is 0.782. The Labute approximate surface area is 118 Å². The zero-order valence-corrected chi connectivity index (χ0v) is 11.1. The van der Waals surface area contributed by atoms with Gasteiger partial charge in [0.15, 0.2) is 5.15 Å². The van der Waals surface area contributed by atoms with Gasteiger partial charge in [0.1, 0.15) is 0 Å². The lowest BCUT2D eigenvalue weighted by Gasteiger charge is -2.22. The van der Waals surface area contributed by atoms with Crippen molar-refractivity contribution in [2.45, 2.75) is 6.18 Å². The first-order valence-electron chi connectivity index (χ1n) is 5.62. The van der Waals surface area contributed by atoms with Crippen LogP contribution in [0.1, 0.15) is 0 Å². The number of carbonyl (C=O) groups excluding carboxylic acids is 1. The molecular formula is C11H13ClF3N3O2. The van der Waals surface area contributed by atoms with Crippen LogP contribution in [0, 0.1) is 0 Å². The molecule has 20 heavy (non-hydrogen) atoms. The van der Waals surface area contributed by atoms with E-state index in [-0.39, 0.29) is 17.4 Å². The minimum absolute atomic E-state index is 0.0466. The van der Waals surface area contributed by atoms with Crippen LogP contribution in [0.15, 0.2) is 18.3 Å². The van der Waals surface area contributed by atoms with Gasteiger partial charge in [-0.1, -0.05) is 11.6 Å². The van der Waals surface area contributed by atoms with Crippen molar-refractivity contribution in [1.82, 2.24) is 9.88 Å². The van der Waals surface area contributed by atoms with E-state index in [0.29, 0.717) is 0 Å². The van der Waals surface area contributed by atoms with E-state index in [1.54, 1.807) is 0 Å². The molecule has 5 nitrogen and oxygen atoms in total. The third-order valence-corrected chi connectivity index (χ3v) is 2.52. The summed E-state index contributed by atoms with van der Waals surface area (Å²) in [7, 11) is 0. The summed E-state index contributed by atoms with van der Waals surface area (Å²) in [5, 5.41) is 11.1. The number of hydrogen-bond donors (Lipinski definition) is 2. The van der Waals surface area contributed by atoms with Crippen molar-refractivity contribution in [1.29, 1.82) is 0 Å². The zero-order valence-electron chi connectivity index (χ0n) is 10.3. The lowest BCUT2D eigenvalue weighted by molar-refractivity contribution is -0.148. The minimum Gasteiger partial charge on any atom is -0.395 e. The van der Waals surface area contributed by atoms with Gasteiger partial charge in [-0.25, -0.2) is 4.98 Å². The Morgan fingerprint density at radius 1 is 1.50 bits per heavy atom. The second-order valence-corrected chi connectivity index (χ2v) is 4.30. The maximum atomic E-state index is 12.3. The van der Waals surface area contributed by atoms with Gasteiger partial charge in [-0.05, 0) is 12.1 Å². The van der Waals surface area contributed by atoms with Gasteiger partial charge in [0.05, 0.1) is 25.4 Å². The normalized spacial score (nSPS) is 11.7. The number of anilines is 1. The number of hydrogen-bond acceptors (Lipinski definition) is 4. The number of aromatic nitrogens is 1. The van der Waals surface area contributed by atoms with Gasteiger partial charge in [0.2, 0.25) is 5.91 Å². The average Bonchev–Trinajstić information content (AvgIpc) is 2.30. The first-order chi connectivity index (χ1) is 9.31. The maximum absolute atomic E-state index is 12.3. The highest BCUT2D eigenvalue weighted by molar-refractivity contribution is 6.32. The smallest absolute Gasteiger partial charge is 0.395 e. The molecule has 1 heterocycles. The van der Waals surface area contributed by atoms with E-state index in [1.807, 2.05) is 0 Å². The molecule has 112 valence electrons. The van der Waals surface area contributed by atoms with Crippen LogP contribution in [0.5, 0.6) is 0 Å². The summed E-state index contributed by atoms with van der Waals surface area (Å²) in [6.45, 7) is -2.52. The largest absolute Gasteiger partial charge is 0.401 e. The number of carbonyl (C=O) groups is 1. The molecule has 0 aromatic carbocycles. The van der Waals surface area contributed by atoms with Crippen molar-refractivity contribution in [2.75, 3.05) is 31.6 Å². The maximum Gasteiger partial charge on any atom is 0.401 e. The van der Waals surface area contributed by atoms with Gasteiger partial charge in [0.25, 0.3) is 0 Å². The Bertz CT molecular complexity index is 457. The molecule has 1 rings (SSSR count). The number of pyridine rings is 1. The van der Waals surface area contributed by atoms with Crippen LogP contribution in [0.25, 0.3) is 0 Å². The van der Waals surface area contributed by atoms with Crippen LogP contribution < -0.4 is 5.32 Å². The van der Waals surface area contributed by atoms with Gasteiger partial charge in [-0.15, -0.1) is 0 Å². The van der Waals surface area contributed by atoms with E-state index in [1.165, 1.54) is 18.3 Å². The van der Waals surface area contributed by atoms with Crippen molar-refractivity contribution in [3.05, 3.63) is 23.5 Å². The minimum atomic E-state index is -4.44. The van der Waals surface area contributed by atoms with Crippen molar-refractivity contribution in [3.63, 3.8) is 0 Å². The Morgan fingerprint density at radius 2 is 2.20 bits per heavy atom. The summed E-state index contributed by atoms with van der Waals surface area (Å²) < 4.78 is 36.9. The molecular weight excluding hydrogens is 299 g/mol. The van der Waals surface area contributed by atoms with E-state index in [4.69, 9.17) is 16.7 Å². The number of nitrogens with zero attached hydrogens (tertiary/aromatic N) is 2. The van der Waals surface area contributed by atoms with E-state index in [2.05, 4.69) is 10.3 Å². The molecule has 0 saturated heterocycles. The zero-order chi connectivity index (χ0) is 15.2. The fourth-order valence-corrected chi connectivity index (χ4v) is 1.65. The topological polar surface area (TPSA) is 65.5 Å². The summed E-state index contributed by atoms with van der Waals surface area (Å²) in [4.78, 5) is 16.2. The highest BCUT2D eigenvalue weighted by atomic mass is 35.5. The van der Waals surface area contributed by atoms with E-state index in [0.717, 1.165) is 4.90 Å². The molecule has 1 aromatic rings. The summed E-state index contributed by atoms with van der Waals surface area (Å²) >= 11 is 5.71.